The first-order valence-electron chi connectivity index (χ1n) is 4.97. The molecule has 1 aromatic rings. The number of benzene rings is 1. The second-order valence-electron chi connectivity index (χ2n) is 3.89. The van der Waals surface area contributed by atoms with Gasteiger partial charge in [0.05, 0.1) is 0 Å². The zero-order valence-electron chi connectivity index (χ0n) is 9.23. The smallest absolute Gasteiger partial charge is 0.317 e. The van der Waals surface area contributed by atoms with Crippen molar-refractivity contribution >= 4 is 17.7 Å². The predicted molar refractivity (Wildman–Crippen MR) is 63.3 cm³/mol. The Bertz CT molecular complexity index is 347. The van der Waals surface area contributed by atoms with E-state index in [0.29, 0.717) is 0 Å². The van der Waals surface area contributed by atoms with Crippen molar-refractivity contribution in [3.63, 3.8) is 0 Å². The first-order valence-corrected chi connectivity index (χ1v) is 5.85. The minimum Gasteiger partial charge on any atom is -0.480 e. The number of aliphatic carboxylic acids is 1. The molecule has 0 bridgehead atoms. The molecule has 3 heteroatoms. The lowest BCUT2D eigenvalue weighted by atomic mass is 10.1. The fourth-order valence-corrected chi connectivity index (χ4v) is 2.35. The fourth-order valence-electron chi connectivity index (χ4n) is 1.30. The van der Waals surface area contributed by atoms with Crippen LogP contribution >= 0.6 is 11.8 Å². The second kappa shape index (κ2) is 5.21. The molecule has 0 aromatic heterocycles. The average molecular weight is 224 g/mol. The monoisotopic (exact) mass is 224 g/mol. The summed E-state index contributed by atoms with van der Waals surface area (Å²) in [6.45, 7) is 5.87. The van der Waals surface area contributed by atoms with Crippen LogP contribution in [0.15, 0.2) is 29.2 Å². The number of hydrogen-bond acceptors (Lipinski definition) is 2. The molecule has 1 atom stereocenters. The summed E-state index contributed by atoms with van der Waals surface area (Å²) in [5.74, 6) is -0.606. The number of carboxylic acids is 1. The highest BCUT2D eigenvalue weighted by molar-refractivity contribution is 8.00. The molecule has 0 radical (unpaired) electrons. The summed E-state index contributed by atoms with van der Waals surface area (Å²) >= 11 is 1.43. The topological polar surface area (TPSA) is 37.3 Å². The highest BCUT2D eigenvalue weighted by atomic mass is 32.2. The Labute approximate surface area is 94.7 Å². The van der Waals surface area contributed by atoms with Gasteiger partial charge in [-0.15, -0.1) is 11.8 Å². The van der Waals surface area contributed by atoms with Crippen molar-refractivity contribution in [2.24, 2.45) is 5.92 Å². The van der Waals surface area contributed by atoms with Crippen LogP contribution in [0.2, 0.25) is 0 Å². The van der Waals surface area contributed by atoms with E-state index in [1.807, 2.05) is 45.0 Å². The molecule has 1 aromatic carbocycles. The van der Waals surface area contributed by atoms with Gasteiger partial charge in [-0.2, -0.15) is 0 Å². The molecule has 0 aliphatic carbocycles. The molecule has 0 aliphatic heterocycles. The highest BCUT2D eigenvalue weighted by Gasteiger charge is 2.22. The fraction of sp³-hybridized carbons (Fsp3) is 0.417. The van der Waals surface area contributed by atoms with Gasteiger partial charge < -0.3 is 5.11 Å². The van der Waals surface area contributed by atoms with Crippen molar-refractivity contribution < 1.29 is 9.90 Å². The third-order valence-corrected chi connectivity index (χ3v) is 3.91. The third kappa shape index (κ3) is 3.27. The molecule has 0 saturated heterocycles. The molecule has 82 valence electrons. The van der Waals surface area contributed by atoms with Gasteiger partial charge in [0.25, 0.3) is 0 Å². The van der Waals surface area contributed by atoms with Crippen LogP contribution in [0.1, 0.15) is 19.4 Å². The van der Waals surface area contributed by atoms with Crippen molar-refractivity contribution in [2.45, 2.75) is 30.9 Å². The maximum absolute atomic E-state index is 11.0. The Hall–Kier alpha value is -0.960. The number of thioether (sulfide) groups is 1. The molecule has 1 rings (SSSR count). The zero-order chi connectivity index (χ0) is 11.4. The SMILES string of the molecule is Cc1ccccc1SC(C(=O)O)C(C)C. The Morgan fingerprint density at radius 3 is 2.40 bits per heavy atom. The standard InChI is InChI=1S/C12H16O2S/c1-8(2)11(12(13)14)15-10-7-5-4-6-9(10)3/h4-8,11H,1-3H3,(H,13,14). The van der Waals surface area contributed by atoms with Gasteiger partial charge in [0, 0.05) is 4.90 Å². The summed E-state index contributed by atoms with van der Waals surface area (Å²) in [6, 6.07) is 7.87. The summed E-state index contributed by atoms with van der Waals surface area (Å²) in [6.07, 6.45) is 0. The first kappa shape index (κ1) is 12.1. The molecule has 2 nitrogen and oxygen atoms in total. The van der Waals surface area contributed by atoms with E-state index < -0.39 is 5.97 Å². The second-order valence-corrected chi connectivity index (χ2v) is 5.07. The number of rotatable bonds is 4. The summed E-state index contributed by atoms with van der Waals surface area (Å²) in [4.78, 5) is 12.1. The molecular formula is C12H16O2S. The summed E-state index contributed by atoms with van der Waals surface area (Å²) < 4.78 is 0. The van der Waals surface area contributed by atoms with Crippen molar-refractivity contribution in [3.05, 3.63) is 29.8 Å². The van der Waals surface area contributed by atoms with Gasteiger partial charge in [-0.1, -0.05) is 32.0 Å². The lowest BCUT2D eigenvalue weighted by Gasteiger charge is -2.16. The Kier molecular flexibility index (Phi) is 4.21. The van der Waals surface area contributed by atoms with Crippen molar-refractivity contribution in [1.29, 1.82) is 0 Å². The van der Waals surface area contributed by atoms with Crippen LogP contribution in [-0.2, 0) is 4.79 Å². The molecule has 0 saturated carbocycles. The van der Waals surface area contributed by atoms with E-state index in [-0.39, 0.29) is 11.2 Å². The van der Waals surface area contributed by atoms with E-state index in [1.165, 1.54) is 11.8 Å². The van der Waals surface area contributed by atoms with Crippen LogP contribution in [0.5, 0.6) is 0 Å². The molecule has 0 amide bonds. The minimum atomic E-state index is -0.738. The molecule has 1 unspecified atom stereocenters. The summed E-state index contributed by atoms with van der Waals surface area (Å²) in [5, 5.41) is 8.71. The van der Waals surface area contributed by atoms with Crippen LogP contribution < -0.4 is 0 Å². The summed E-state index contributed by atoms with van der Waals surface area (Å²) in [5.41, 5.74) is 1.13. The third-order valence-electron chi connectivity index (χ3n) is 2.20. The van der Waals surface area contributed by atoms with Crippen molar-refractivity contribution in [3.8, 4) is 0 Å². The average Bonchev–Trinajstić information content (AvgIpc) is 2.15. The van der Waals surface area contributed by atoms with Gasteiger partial charge >= 0.3 is 5.97 Å². The Morgan fingerprint density at radius 1 is 1.33 bits per heavy atom. The van der Waals surface area contributed by atoms with Crippen LogP contribution in [0.25, 0.3) is 0 Å². The maximum Gasteiger partial charge on any atom is 0.317 e. The number of carbonyl (C=O) groups is 1. The van der Waals surface area contributed by atoms with Gasteiger partial charge in [0.1, 0.15) is 5.25 Å². The van der Waals surface area contributed by atoms with Gasteiger partial charge in [-0.3, -0.25) is 4.79 Å². The van der Waals surface area contributed by atoms with Crippen molar-refractivity contribution in [2.75, 3.05) is 0 Å². The molecule has 1 N–H and O–H groups in total. The van der Waals surface area contributed by atoms with Crippen molar-refractivity contribution in [1.82, 2.24) is 0 Å². The molecular weight excluding hydrogens is 208 g/mol. The number of carboxylic acid groups (broad SMARTS) is 1. The van der Waals surface area contributed by atoms with Gasteiger partial charge in [0.2, 0.25) is 0 Å². The van der Waals surface area contributed by atoms with E-state index >= 15 is 0 Å². The number of hydrogen-bond donors (Lipinski definition) is 1. The minimum absolute atomic E-state index is 0.132. The van der Waals surface area contributed by atoms with E-state index in [0.717, 1.165) is 10.5 Å². The number of aryl methyl sites for hydroxylation is 1. The molecule has 0 aliphatic rings. The molecule has 0 fully saturated rings. The highest BCUT2D eigenvalue weighted by Crippen LogP contribution is 2.30. The van der Waals surface area contributed by atoms with Crippen LogP contribution in [-0.4, -0.2) is 16.3 Å². The molecule has 0 heterocycles. The quantitative estimate of drug-likeness (QED) is 0.798. The lowest BCUT2D eigenvalue weighted by Crippen LogP contribution is -2.22. The Morgan fingerprint density at radius 2 is 1.93 bits per heavy atom. The largest absolute Gasteiger partial charge is 0.480 e. The summed E-state index contributed by atoms with van der Waals surface area (Å²) in [7, 11) is 0. The van der Waals surface area contributed by atoms with Gasteiger partial charge in [0.15, 0.2) is 0 Å². The van der Waals surface area contributed by atoms with Gasteiger partial charge in [-0.25, -0.2) is 0 Å². The van der Waals surface area contributed by atoms with Crippen LogP contribution in [0.4, 0.5) is 0 Å². The van der Waals surface area contributed by atoms with Gasteiger partial charge in [-0.05, 0) is 24.5 Å². The van der Waals surface area contributed by atoms with E-state index in [2.05, 4.69) is 0 Å². The lowest BCUT2D eigenvalue weighted by molar-refractivity contribution is -0.137. The zero-order valence-corrected chi connectivity index (χ0v) is 10.0. The van der Waals surface area contributed by atoms with Crippen LogP contribution in [0, 0.1) is 12.8 Å². The predicted octanol–water partition coefficient (Wildman–Crippen LogP) is 3.20. The normalized spacial score (nSPS) is 12.8. The van der Waals surface area contributed by atoms with E-state index in [4.69, 9.17) is 5.11 Å². The molecule has 0 spiro atoms. The molecule has 15 heavy (non-hydrogen) atoms. The van der Waals surface area contributed by atoms with Crippen LogP contribution in [0.3, 0.4) is 0 Å². The Balaban J connectivity index is 2.84. The maximum atomic E-state index is 11.0. The van der Waals surface area contributed by atoms with E-state index in [1.54, 1.807) is 0 Å². The van der Waals surface area contributed by atoms with E-state index in [9.17, 15) is 4.79 Å². The first-order chi connectivity index (χ1) is 7.02.